The lowest BCUT2D eigenvalue weighted by Crippen LogP contribution is -2.55. The van der Waals surface area contributed by atoms with Crippen LogP contribution in [0.15, 0.2) is 0 Å². The third kappa shape index (κ3) is 3.48. The third-order valence-electron chi connectivity index (χ3n) is 3.65. The average Bonchev–Trinajstić information content (AvgIpc) is 2.70. The van der Waals surface area contributed by atoms with Crippen molar-refractivity contribution in [3.05, 3.63) is 0 Å². The molecule has 3 nitrogen and oxygen atoms in total. The number of carbonyl (C=O) groups excluding carboxylic acids is 1. The predicted octanol–water partition coefficient (Wildman–Crippen LogP) is 2.07. The topological polar surface area (TPSA) is 41.1 Å². The van der Waals surface area contributed by atoms with Crippen molar-refractivity contribution in [2.75, 3.05) is 6.54 Å². The summed E-state index contributed by atoms with van der Waals surface area (Å²) in [5, 5.41) is 6.35. The van der Waals surface area contributed by atoms with Crippen LogP contribution in [0.4, 0.5) is 0 Å². The molecule has 1 amide bonds. The first-order valence-electron chi connectivity index (χ1n) is 6.53. The van der Waals surface area contributed by atoms with Gasteiger partial charge in [-0.25, -0.2) is 0 Å². The molecule has 0 radical (unpaired) electrons. The van der Waals surface area contributed by atoms with Gasteiger partial charge in [0.2, 0.25) is 5.91 Å². The number of nitrogens with one attached hydrogen (secondary N) is 2. The molecule has 0 aromatic carbocycles. The van der Waals surface area contributed by atoms with E-state index < -0.39 is 5.54 Å². The molecule has 0 spiro atoms. The van der Waals surface area contributed by atoms with Crippen molar-refractivity contribution in [3.63, 3.8) is 0 Å². The maximum Gasteiger partial charge on any atom is 0.239 e. The van der Waals surface area contributed by atoms with Crippen molar-refractivity contribution in [1.29, 1.82) is 0 Å². The molecule has 1 aliphatic carbocycles. The Labute approximate surface area is 99.4 Å². The SMILES string of the molecule is CCNC(C)(C)C(=O)NC(C)C1CCCC1. The summed E-state index contributed by atoms with van der Waals surface area (Å²) in [6.07, 6.45) is 5.18. The second-order valence-corrected chi connectivity index (χ2v) is 5.46. The number of carbonyl (C=O) groups is 1. The monoisotopic (exact) mass is 226 g/mol. The maximum atomic E-state index is 12.0. The highest BCUT2D eigenvalue weighted by atomic mass is 16.2. The highest BCUT2D eigenvalue weighted by Gasteiger charge is 2.30. The Hall–Kier alpha value is -0.570. The Morgan fingerprint density at radius 1 is 1.38 bits per heavy atom. The normalized spacial score (nSPS) is 19.8. The zero-order valence-electron chi connectivity index (χ0n) is 11.1. The van der Waals surface area contributed by atoms with E-state index in [4.69, 9.17) is 0 Å². The number of hydrogen-bond donors (Lipinski definition) is 2. The van der Waals surface area contributed by atoms with Crippen molar-refractivity contribution >= 4 is 5.91 Å². The summed E-state index contributed by atoms with van der Waals surface area (Å²) in [6, 6.07) is 0.313. The van der Waals surface area contributed by atoms with Gasteiger partial charge >= 0.3 is 0 Å². The molecule has 16 heavy (non-hydrogen) atoms. The van der Waals surface area contributed by atoms with Gasteiger partial charge in [0.1, 0.15) is 0 Å². The predicted molar refractivity (Wildman–Crippen MR) is 67.3 cm³/mol. The Kier molecular flexibility index (Phi) is 4.78. The van der Waals surface area contributed by atoms with E-state index in [9.17, 15) is 4.79 Å². The van der Waals surface area contributed by atoms with E-state index in [1.165, 1.54) is 25.7 Å². The number of amides is 1. The molecule has 2 N–H and O–H groups in total. The van der Waals surface area contributed by atoms with Crippen molar-refractivity contribution in [1.82, 2.24) is 10.6 Å². The average molecular weight is 226 g/mol. The lowest BCUT2D eigenvalue weighted by molar-refractivity contribution is -0.127. The first kappa shape index (κ1) is 13.5. The van der Waals surface area contributed by atoms with E-state index in [-0.39, 0.29) is 5.91 Å². The molecule has 0 aromatic heterocycles. The Bertz CT molecular complexity index is 232. The molecular weight excluding hydrogens is 200 g/mol. The second kappa shape index (κ2) is 5.67. The fourth-order valence-corrected chi connectivity index (χ4v) is 2.48. The van der Waals surface area contributed by atoms with E-state index in [0.717, 1.165) is 6.54 Å². The molecule has 3 heteroatoms. The smallest absolute Gasteiger partial charge is 0.239 e. The van der Waals surface area contributed by atoms with Crippen molar-refractivity contribution < 1.29 is 4.79 Å². The second-order valence-electron chi connectivity index (χ2n) is 5.46. The Balaban J connectivity index is 2.43. The van der Waals surface area contributed by atoms with Gasteiger partial charge in [0.05, 0.1) is 5.54 Å². The van der Waals surface area contributed by atoms with Crippen molar-refractivity contribution in [2.45, 2.75) is 65.0 Å². The molecule has 1 unspecified atom stereocenters. The van der Waals surface area contributed by atoms with Gasteiger partial charge in [0.15, 0.2) is 0 Å². The van der Waals surface area contributed by atoms with Gasteiger partial charge < -0.3 is 10.6 Å². The number of likely N-dealkylation sites (N-methyl/N-ethyl adjacent to an activating group) is 1. The van der Waals surface area contributed by atoms with Crippen LogP contribution in [0, 0.1) is 5.92 Å². The standard InChI is InChI=1S/C13H26N2O/c1-5-14-13(3,4)12(16)15-10(2)11-8-6-7-9-11/h10-11,14H,5-9H2,1-4H3,(H,15,16). The Morgan fingerprint density at radius 2 is 1.94 bits per heavy atom. The fourth-order valence-electron chi connectivity index (χ4n) is 2.48. The van der Waals surface area contributed by atoms with E-state index in [2.05, 4.69) is 17.6 Å². The molecule has 1 fully saturated rings. The summed E-state index contributed by atoms with van der Waals surface area (Å²) >= 11 is 0. The van der Waals surface area contributed by atoms with Gasteiger partial charge in [-0.05, 0) is 46.1 Å². The molecule has 1 saturated carbocycles. The molecule has 0 heterocycles. The van der Waals surface area contributed by atoms with Gasteiger partial charge in [-0.3, -0.25) is 4.79 Å². The summed E-state index contributed by atoms with van der Waals surface area (Å²) in [5.41, 5.74) is -0.457. The fraction of sp³-hybridized carbons (Fsp3) is 0.923. The molecule has 1 rings (SSSR count). The van der Waals surface area contributed by atoms with Gasteiger partial charge in [-0.2, -0.15) is 0 Å². The third-order valence-corrected chi connectivity index (χ3v) is 3.65. The first-order valence-corrected chi connectivity index (χ1v) is 6.53. The van der Waals surface area contributed by atoms with Crippen LogP contribution in [-0.4, -0.2) is 24.0 Å². The quantitative estimate of drug-likeness (QED) is 0.753. The highest BCUT2D eigenvalue weighted by Crippen LogP contribution is 2.27. The van der Waals surface area contributed by atoms with Crippen LogP contribution in [-0.2, 0) is 4.79 Å². The largest absolute Gasteiger partial charge is 0.352 e. The summed E-state index contributed by atoms with van der Waals surface area (Å²) in [5.74, 6) is 0.801. The summed E-state index contributed by atoms with van der Waals surface area (Å²) < 4.78 is 0. The minimum absolute atomic E-state index is 0.119. The van der Waals surface area contributed by atoms with E-state index in [1.54, 1.807) is 0 Å². The molecule has 0 aliphatic heterocycles. The molecule has 0 aromatic rings. The van der Waals surface area contributed by atoms with E-state index in [0.29, 0.717) is 12.0 Å². The first-order chi connectivity index (χ1) is 7.47. The summed E-state index contributed by atoms with van der Waals surface area (Å²) in [6.45, 7) is 8.85. The minimum atomic E-state index is -0.457. The number of rotatable bonds is 5. The van der Waals surface area contributed by atoms with Crippen LogP contribution >= 0.6 is 0 Å². The molecule has 1 aliphatic rings. The lowest BCUT2D eigenvalue weighted by Gasteiger charge is -2.28. The molecule has 0 saturated heterocycles. The van der Waals surface area contributed by atoms with Crippen LogP contribution in [0.25, 0.3) is 0 Å². The zero-order chi connectivity index (χ0) is 12.2. The Morgan fingerprint density at radius 3 is 2.44 bits per heavy atom. The molecule has 1 atom stereocenters. The lowest BCUT2D eigenvalue weighted by atomic mass is 9.97. The van der Waals surface area contributed by atoms with E-state index in [1.807, 2.05) is 20.8 Å². The molecule has 94 valence electrons. The highest BCUT2D eigenvalue weighted by molar-refractivity contribution is 5.85. The van der Waals surface area contributed by atoms with Gasteiger partial charge in [-0.15, -0.1) is 0 Å². The van der Waals surface area contributed by atoms with Crippen LogP contribution in [0.5, 0.6) is 0 Å². The van der Waals surface area contributed by atoms with Crippen LogP contribution in [0.1, 0.15) is 53.4 Å². The minimum Gasteiger partial charge on any atom is -0.352 e. The van der Waals surface area contributed by atoms with Crippen molar-refractivity contribution in [2.24, 2.45) is 5.92 Å². The van der Waals surface area contributed by atoms with Crippen molar-refractivity contribution in [3.8, 4) is 0 Å². The molecule has 0 bridgehead atoms. The maximum absolute atomic E-state index is 12.0. The van der Waals surface area contributed by atoms with Gasteiger partial charge in [0.25, 0.3) is 0 Å². The van der Waals surface area contributed by atoms with Crippen LogP contribution in [0.2, 0.25) is 0 Å². The van der Waals surface area contributed by atoms with Crippen LogP contribution in [0.3, 0.4) is 0 Å². The molecular formula is C13H26N2O. The summed E-state index contributed by atoms with van der Waals surface area (Å²) in [7, 11) is 0. The van der Waals surface area contributed by atoms with E-state index >= 15 is 0 Å². The van der Waals surface area contributed by atoms with Crippen LogP contribution < -0.4 is 10.6 Å². The number of hydrogen-bond acceptors (Lipinski definition) is 2. The summed E-state index contributed by atoms with van der Waals surface area (Å²) in [4.78, 5) is 12.0. The van der Waals surface area contributed by atoms with Gasteiger partial charge in [-0.1, -0.05) is 19.8 Å². The van der Waals surface area contributed by atoms with Gasteiger partial charge in [0, 0.05) is 6.04 Å². The zero-order valence-corrected chi connectivity index (χ0v) is 11.1.